The topological polar surface area (TPSA) is 60.2 Å². The maximum absolute atomic E-state index is 12.0. The molecule has 122 valence electrons. The minimum Gasteiger partial charge on any atom is -0.298 e. The van der Waals surface area contributed by atoms with Crippen LogP contribution < -0.4 is 0 Å². The number of hydrogen-bond donors (Lipinski definition) is 0. The van der Waals surface area contributed by atoms with Crippen molar-refractivity contribution in [3.63, 3.8) is 0 Å². The number of nitrogens with zero attached hydrogens (tertiary/aromatic N) is 1. The number of aldehydes is 1. The average molecular weight is 321 g/mol. The van der Waals surface area contributed by atoms with Gasteiger partial charge in [0.25, 0.3) is 0 Å². The highest BCUT2D eigenvalue weighted by molar-refractivity contribution is 5.77. The Bertz CT molecular complexity index is 755. The highest BCUT2D eigenvalue weighted by atomic mass is 16.6. The molecule has 0 bridgehead atoms. The smallest absolute Gasteiger partial charge is 0.231 e. The van der Waals surface area contributed by atoms with Gasteiger partial charge in [-0.2, -0.15) is 0 Å². The highest BCUT2D eigenvalue weighted by Crippen LogP contribution is 2.45. The molecule has 0 N–H and O–H groups in total. The Hall–Kier alpha value is -2.75. The summed E-state index contributed by atoms with van der Waals surface area (Å²) in [6.07, 6.45) is 2.66. The standard InChI is InChI=1S/C20H19NO3/c1-14-12-17(13-22)19(16-10-6-3-7-11-16)20(21(23)24)18(14)15-8-4-2-5-9-15/h2-14,18-20H,1H3/t14-,18-,19+,20+/m0/s1. The van der Waals surface area contributed by atoms with Crippen molar-refractivity contribution in [1.29, 1.82) is 0 Å². The molecule has 0 saturated carbocycles. The molecule has 0 saturated heterocycles. The van der Waals surface area contributed by atoms with Crippen molar-refractivity contribution >= 4 is 6.29 Å². The fourth-order valence-corrected chi connectivity index (χ4v) is 3.82. The monoisotopic (exact) mass is 321 g/mol. The molecular formula is C20H19NO3. The summed E-state index contributed by atoms with van der Waals surface area (Å²) < 4.78 is 0. The molecule has 0 aromatic heterocycles. The Morgan fingerprint density at radius 2 is 1.50 bits per heavy atom. The summed E-state index contributed by atoms with van der Waals surface area (Å²) in [5.41, 5.74) is 2.25. The van der Waals surface area contributed by atoms with Crippen LogP contribution in [0, 0.1) is 16.0 Å². The number of rotatable bonds is 4. The van der Waals surface area contributed by atoms with Gasteiger partial charge in [-0.3, -0.25) is 14.9 Å². The van der Waals surface area contributed by atoms with Crippen LogP contribution in [0.2, 0.25) is 0 Å². The van der Waals surface area contributed by atoms with Crippen LogP contribution in [0.4, 0.5) is 0 Å². The van der Waals surface area contributed by atoms with Crippen LogP contribution in [0.25, 0.3) is 0 Å². The van der Waals surface area contributed by atoms with E-state index in [9.17, 15) is 14.9 Å². The summed E-state index contributed by atoms with van der Waals surface area (Å²) in [7, 11) is 0. The molecule has 0 heterocycles. The lowest BCUT2D eigenvalue weighted by atomic mass is 9.67. The fourth-order valence-electron chi connectivity index (χ4n) is 3.82. The van der Waals surface area contributed by atoms with Crippen molar-refractivity contribution in [3.8, 4) is 0 Å². The van der Waals surface area contributed by atoms with E-state index in [1.165, 1.54) is 0 Å². The maximum atomic E-state index is 12.0. The van der Waals surface area contributed by atoms with Crippen molar-refractivity contribution in [2.45, 2.75) is 24.8 Å². The van der Waals surface area contributed by atoms with E-state index in [0.29, 0.717) is 5.57 Å². The summed E-state index contributed by atoms with van der Waals surface area (Å²) in [6, 6.07) is 18.0. The Morgan fingerprint density at radius 1 is 0.958 bits per heavy atom. The minimum atomic E-state index is -0.866. The van der Waals surface area contributed by atoms with E-state index < -0.39 is 12.0 Å². The number of nitro groups is 1. The van der Waals surface area contributed by atoms with Crippen LogP contribution in [0.3, 0.4) is 0 Å². The van der Waals surface area contributed by atoms with Crippen LogP contribution in [-0.2, 0) is 4.79 Å². The second-order valence-corrected chi connectivity index (χ2v) is 6.24. The van der Waals surface area contributed by atoms with Gasteiger partial charge in [0.15, 0.2) is 0 Å². The van der Waals surface area contributed by atoms with Gasteiger partial charge in [0.05, 0.1) is 11.8 Å². The molecule has 2 aromatic carbocycles. The molecule has 4 nitrogen and oxygen atoms in total. The molecule has 0 aliphatic heterocycles. The molecule has 0 fully saturated rings. The number of benzene rings is 2. The van der Waals surface area contributed by atoms with Crippen molar-refractivity contribution in [2.24, 2.45) is 5.92 Å². The second kappa shape index (κ2) is 6.79. The van der Waals surface area contributed by atoms with Gasteiger partial charge in [-0.1, -0.05) is 73.7 Å². The molecule has 0 unspecified atom stereocenters. The second-order valence-electron chi connectivity index (χ2n) is 6.24. The van der Waals surface area contributed by atoms with Gasteiger partial charge in [-0.25, -0.2) is 0 Å². The molecular weight excluding hydrogens is 302 g/mol. The number of hydrogen-bond acceptors (Lipinski definition) is 3. The third-order valence-electron chi connectivity index (χ3n) is 4.81. The quantitative estimate of drug-likeness (QED) is 0.486. The Labute approximate surface area is 141 Å². The largest absolute Gasteiger partial charge is 0.298 e. The van der Waals surface area contributed by atoms with Crippen molar-refractivity contribution < 1.29 is 9.72 Å². The molecule has 4 heteroatoms. The first-order valence-corrected chi connectivity index (χ1v) is 8.03. The van der Waals surface area contributed by atoms with Gasteiger partial charge in [-0.15, -0.1) is 0 Å². The van der Waals surface area contributed by atoms with E-state index in [4.69, 9.17) is 0 Å². The third-order valence-corrected chi connectivity index (χ3v) is 4.81. The zero-order chi connectivity index (χ0) is 17.1. The average Bonchev–Trinajstić information content (AvgIpc) is 2.62. The van der Waals surface area contributed by atoms with Crippen molar-refractivity contribution in [2.75, 3.05) is 0 Å². The molecule has 3 rings (SSSR count). The summed E-state index contributed by atoms with van der Waals surface area (Å²) in [4.78, 5) is 23.4. The summed E-state index contributed by atoms with van der Waals surface area (Å²) in [5, 5.41) is 12.0. The first-order chi connectivity index (χ1) is 11.6. The lowest BCUT2D eigenvalue weighted by molar-refractivity contribution is -0.531. The SMILES string of the molecule is C[C@H]1C=C(C=O)[C@@H](c2ccccc2)[C@H]([N+](=O)[O-])[C@@H]1c1ccccc1. The van der Waals surface area contributed by atoms with Crippen LogP contribution in [0.5, 0.6) is 0 Å². The van der Waals surface area contributed by atoms with Crippen molar-refractivity contribution in [3.05, 3.63) is 93.6 Å². The van der Waals surface area contributed by atoms with Gasteiger partial charge in [-0.05, 0) is 17.0 Å². The highest BCUT2D eigenvalue weighted by Gasteiger charge is 2.47. The normalized spacial score (nSPS) is 26.5. The number of carbonyl (C=O) groups is 1. The zero-order valence-corrected chi connectivity index (χ0v) is 13.4. The van der Waals surface area contributed by atoms with Gasteiger partial charge < -0.3 is 0 Å². The minimum absolute atomic E-state index is 0.0806. The van der Waals surface area contributed by atoms with Crippen molar-refractivity contribution in [1.82, 2.24) is 0 Å². The van der Waals surface area contributed by atoms with E-state index in [1.54, 1.807) is 0 Å². The number of allylic oxidation sites excluding steroid dienone is 1. The predicted octanol–water partition coefficient (Wildman–Crippen LogP) is 3.97. The van der Waals surface area contributed by atoms with Gasteiger partial charge >= 0.3 is 0 Å². The molecule has 4 atom stereocenters. The van der Waals surface area contributed by atoms with E-state index in [0.717, 1.165) is 17.4 Å². The predicted molar refractivity (Wildman–Crippen MR) is 92.5 cm³/mol. The van der Waals surface area contributed by atoms with Gasteiger partial charge in [0.1, 0.15) is 6.29 Å². The molecule has 0 amide bonds. The summed E-state index contributed by atoms with van der Waals surface area (Å²) in [5.74, 6) is -0.877. The summed E-state index contributed by atoms with van der Waals surface area (Å²) >= 11 is 0. The Kier molecular flexibility index (Phi) is 4.56. The van der Waals surface area contributed by atoms with Crippen LogP contribution in [0.1, 0.15) is 29.9 Å². The molecule has 1 aliphatic rings. The lowest BCUT2D eigenvalue weighted by Gasteiger charge is -2.35. The molecule has 0 radical (unpaired) electrons. The molecule has 24 heavy (non-hydrogen) atoms. The fraction of sp³-hybridized carbons (Fsp3) is 0.250. The maximum Gasteiger partial charge on any atom is 0.231 e. The lowest BCUT2D eigenvalue weighted by Crippen LogP contribution is -2.41. The van der Waals surface area contributed by atoms with Crippen LogP contribution in [-0.4, -0.2) is 17.3 Å². The zero-order valence-electron chi connectivity index (χ0n) is 13.4. The third kappa shape index (κ3) is 2.87. The van der Waals surface area contributed by atoms with Gasteiger partial charge in [0.2, 0.25) is 6.04 Å². The van der Waals surface area contributed by atoms with Crippen LogP contribution in [0.15, 0.2) is 72.3 Å². The summed E-state index contributed by atoms with van der Waals surface area (Å²) in [6.45, 7) is 1.94. The van der Waals surface area contributed by atoms with E-state index in [1.807, 2.05) is 73.7 Å². The Balaban J connectivity index is 2.16. The molecule has 0 spiro atoms. The first-order valence-electron chi connectivity index (χ1n) is 8.03. The van der Waals surface area contributed by atoms with E-state index in [2.05, 4.69) is 0 Å². The molecule has 2 aromatic rings. The molecule has 1 aliphatic carbocycles. The van der Waals surface area contributed by atoms with E-state index >= 15 is 0 Å². The van der Waals surface area contributed by atoms with Crippen LogP contribution >= 0.6 is 0 Å². The van der Waals surface area contributed by atoms with E-state index in [-0.39, 0.29) is 16.8 Å². The van der Waals surface area contributed by atoms with Gasteiger partial charge in [0, 0.05) is 10.5 Å². The Morgan fingerprint density at radius 3 is 2.00 bits per heavy atom. The number of carbonyl (C=O) groups excluding carboxylic acids is 1. The first kappa shape index (κ1) is 16.1.